The van der Waals surface area contributed by atoms with Gasteiger partial charge in [-0.1, -0.05) is 6.07 Å². The average Bonchev–Trinajstić information content (AvgIpc) is 2.33. The maximum absolute atomic E-state index is 13.9. The van der Waals surface area contributed by atoms with Crippen LogP contribution in [0.15, 0.2) is 18.2 Å². The van der Waals surface area contributed by atoms with E-state index in [-0.39, 0.29) is 16.8 Å². The van der Waals surface area contributed by atoms with E-state index in [2.05, 4.69) is 0 Å². The molecule has 0 aromatic heterocycles. The maximum atomic E-state index is 13.9. The van der Waals surface area contributed by atoms with Crippen molar-refractivity contribution < 1.29 is 13.9 Å². The normalized spacial score (nSPS) is 19.1. The Hall–Kier alpha value is -0.800. The first kappa shape index (κ1) is 13.6. The van der Waals surface area contributed by atoms with Crippen molar-refractivity contribution in [3.05, 3.63) is 29.6 Å². The van der Waals surface area contributed by atoms with Gasteiger partial charge < -0.3 is 9.47 Å². The summed E-state index contributed by atoms with van der Waals surface area (Å²) in [7, 11) is 3.22. The SMILES string of the molecule is COc1ccc(C(Cl)CC2(OC)CCC2)c(F)c1. The Balaban J connectivity index is 2.11. The van der Waals surface area contributed by atoms with Crippen LogP contribution in [0.1, 0.15) is 36.6 Å². The van der Waals surface area contributed by atoms with Crippen LogP contribution in [-0.4, -0.2) is 19.8 Å². The zero-order chi connectivity index (χ0) is 13.2. The summed E-state index contributed by atoms with van der Waals surface area (Å²) in [5.41, 5.74) is 0.361. The van der Waals surface area contributed by atoms with Crippen LogP contribution in [-0.2, 0) is 4.74 Å². The number of alkyl halides is 1. The molecule has 1 saturated carbocycles. The van der Waals surface area contributed by atoms with E-state index in [0.717, 1.165) is 19.3 Å². The Morgan fingerprint density at radius 3 is 2.56 bits per heavy atom. The fraction of sp³-hybridized carbons (Fsp3) is 0.571. The highest BCUT2D eigenvalue weighted by Gasteiger charge is 2.39. The fourth-order valence-corrected chi connectivity index (χ4v) is 2.85. The second-order valence-electron chi connectivity index (χ2n) is 4.80. The molecule has 1 aromatic rings. The van der Waals surface area contributed by atoms with E-state index >= 15 is 0 Å². The molecule has 1 aliphatic rings. The molecule has 0 N–H and O–H groups in total. The van der Waals surface area contributed by atoms with Crippen LogP contribution in [0, 0.1) is 5.82 Å². The zero-order valence-electron chi connectivity index (χ0n) is 10.7. The molecule has 0 heterocycles. The third-order valence-corrected chi connectivity index (χ3v) is 4.18. The Bertz CT molecular complexity index is 413. The molecule has 100 valence electrons. The van der Waals surface area contributed by atoms with Gasteiger partial charge in [0.15, 0.2) is 0 Å². The molecule has 0 saturated heterocycles. The summed E-state index contributed by atoms with van der Waals surface area (Å²) in [4.78, 5) is 0. The van der Waals surface area contributed by atoms with Gasteiger partial charge in [0.05, 0.1) is 18.1 Å². The summed E-state index contributed by atoms with van der Waals surface area (Å²) in [6.07, 6.45) is 3.81. The van der Waals surface area contributed by atoms with Crippen molar-refractivity contribution >= 4 is 11.6 Å². The molecule has 0 spiro atoms. The summed E-state index contributed by atoms with van der Waals surface area (Å²) >= 11 is 6.32. The molecule has 1 aliphatic carbocycles. The second-order valence-corrected chi connectivity index (χ2v) is 5.33. The zero-order valence-corrected chi connectivity index (χ0v) is 11.5. The van der Waals surface area contributed by atoms with E-state index in [9.17, 15) is 4.39 Å². The number of ether oxygens (including phenoxy) is 2. The monoisotopic (exact) mass is 272 g/mol. The van der Waals surface area contributed by atoms with E-state index in [1.807, 2.05) is 0 Å². The van der Waals surface area contributed by atoms with Gasteiger partial charge in [0.2, 0.25) is 0 Å². The van der Waals surface area contributed by atoms with Gasteiger partial charge in [-0.3, -0.25) is 0 Å². The third kappa shape index (κ3) is 2.62. The van der Waals surface area contributed by atoms with Crippen molar-refractivity contribution in [3.63, 3.8) is 0 Å². The number of methoxy groups -OCH3 is 2. The van der Waals surface area contributed by atoms with Crippen molar-refractivity contribution in [3.8, 4) is 5.75 Å². The summed E-state index contributed by atoms with van der Waals surface area (Å²) in [6.45, 7) is 0. The van der Waals surface area contributed by atoms with E-state index in [1.54, 1.807) is 19.2 Å². The number of hydrogen-bond donors (Lipinski definition) is 0. The quantitative estimate of drug-likeness (QED) is 0.752. The molecular weight excluding hydrogens is 255 g/mol. The molecule has 1 unspecified atom stereocenters. The number of halogens is 2. The summed E-state index contributed by atoms with van der Waals surface area (Å²) in [5.74, 6) is 0.185. The first-order valence-corrected chi connectivity index (χ1v) is 6.56. The molecule has 2 nitrogen and oxygen atoms in total. The predicted molar refractivity (Wildman–Crippen MR) is 69.8 cm³/mol. The van der Waals surface area contributed by atoms with E-state index in [1.165, 1.54) is 13.2 Å². The molecular formula is C14H18ClFO2. The van der Waals surface area contributed by atoms with Crippen LogP contribution in [0.4, 0.5) is 4.39 Å². The Kier molecular flexibility index (Phi) is 4.13. The van der Waals surface area contributed by atoms with Crippen LogP contribution < -0.4 is 4.74 Å². The van der Waals surface area contributed by atoms with Gasteiger partial charge >= 0.3 is 0 Å². The van der Waals surface area contributed by atoms with Gasteiger partial charge in [0.1, 0.15) is 11.6 Å². The van der Waals surface area contributed by atoms with Crippen LogP contribution in [0.2, 0.25) is 0 Å². The Morgan fingerprint density at radius 1 is 1.39 bits per heavy atom. The standard InChI is InChI=1S/C14H18ClFO2/c1-17-10-4-5-11(13(16)8-10)12(15)9-14(18-2)6-3-7-14/h4-5,8,12H,3,6-7,9H2,1-2H3. The van der Waals surface area contributed by atoms with Crippen molar-refractivity contribution in [2.75, 3.05) is 14.2 Å². The number of rotatable bonds is 5. The topological polar surface area (TPSA) is 18.5 Å². The highest BCUT2D eigenvalue weighted by atomic mass is 35.5. The van der Waals surface area contributed by atoms with Crippen molar-refractivity contribution in [2.24, 2.45) is 0 Å². The van der Waals surface area contributed by atoms with Crippen molar-refractivity contribution in [1.82, 2.24) is 0 Å². The minimum absolute atomic E-state index is 0.154. The molecule has 18 heavy (non-hydrogen) atoms. The minimum atomic E-state index is -0.365. The highest BCUT2D eigenvalue weighted by Crippen LogP contribution is 2.44. The first-order valence-electron chi connectivity index (χ1n) is 6.13. The smallest absolute Gasteiger partial charge is 0.131 e. The molecule has 0 bridgehead atoms. The first-order chi connectivity index (χ1) is 8.60. The lowest BCUT2D eigenvalue weighted by atomic mass is 9.76. The van der Waals surface area contributed by atoms with Gasteiger partial charge in [0.25, 0.3) is 0 Å². The molecule has 4 heteroatoms. The van der Waals surface area contributed by atoms with Crippen LogP contribution >= 0.6 is 11.6 Å². The lowest BCUT2D eigenvalue weighted by Crippen LogP contribution is -2.40. The lowest BCUT2D eigenvalue weighted by Gasteiger charge is -2.41. The lowest BCUT2D eigenvalue weighted by molar-refractivity contribution is -0.0781. The van der Waals surface area contributed by atoms with Crippen LogP contribution in [0.3, 0.4) is 0 Å². The van der Waals surface area contributed by atoms with Crippen molar-refractivity contribution in [2.45, 2.75) is 36.7 Å². The molecule has 1 atom stereocenters. The van der Waals surface area contributed by atoms with Gasteiger partial charge in [-0.2, -0.15) is 0 Å². The van der Waals surface area contributed by atoms with E-state index in [4.69, 9.17) is 21.1 Å². The Morgan fingerprint density at radius 2 is 2.11 bits per heavy atom. The molecule has 1 aromatic carbocycles. The second kappa shape index (κ2) is 5.45. The Labute approximate surface area is 112 Å². The van der Waals surface area contributed by atoms with E-state index in [0.29, 0.717) is 17.7 Å². The molecule has 1 fully saturated rings. The number of hydrogen-bond acceptors (Lipinski definition) is 2. The van der Waals surface area contributed by atoms with Crippen LogP contribution in [0.5, 0.6) is 5.75 Å². The number of benzene rings is 1. The van der Waals surface area contributed by atoms with Gasteiger partial charge in [-0.15, -0.1) is 11.6 Å². The summed E-state index contributed by atoms with van der Waals surface area (Å²) < 4.78 is 24.4. The fourth-order valence-electron chi connectivity index (χ4n) is 2.39. The summed E-state index contributed by atoms with van der Waals surface area (Å²) in [6, 6.07) is 4.78. The van der Waals surface area contributed by atoms with Gasteiger partial charge in [-0.25, -0.2) is 4.39 Å². The molecule has 0 radical (unpaired) electrons. The van der Waals surface area contributed by atoms with Crippen LogP contribution in [0.25, 0.3) is 0 Å². The minimum Gasteiger partial charge on any atom is -0.497 e. The van der Waals surface area contributed by atoms with Gasteiger partial charge in [-0.05, 0) is 31.7 Å². The molecule has 2 rings (SSSR count). The third-order valence-electron chi connectivity index (χ3n) is 3.79. The largest absolute Gasteiger partial charge is 0.497 e. The average molecular weight is 273 g/mol. The molecule has 0 aliphatic heterocycles. The molecule has 0 amide bonds. The van der Waals surface area contributed by atoms with E-state index < -0.39 is 0 Å². The van der Waals surface area contributed by atoms with Crippen molar-refractivity contribution in [1.29, 1.82) is 0 Å². The predicted octanol–water partition coefficient (Wildman–Crippen LogP) is 4.07. The van der Waals surface area contributed by atoms with Gasteiger partial charge in [0, 0.05) is 18.7 Å². The summed E-state index contributed by atoms with van der Waals surface area (Å²) in [5, 5.41) is -0.365. The maximum Gasteiger partial charge on any atom is 0.131 e. The highest BCUT2D eigenvalue weighted by molar-refractivity contribution is 6.20.